The first-order valence-corrected chi connectivity index (χ1v) is 3.51. The SMILES string of the molecule is FC(Cl)OC(Cl)(C(F)(F)F)C(F)(F)F. The van der Waals surface area contributed by atoms with Crippen LogP contribution in [0, 0.1) is 0 Å². The molecule has 0 aliphatic carbocycles. The van der Waals surface area contributed by atoms with Crippen molar-refractivity contribution in [3.05, 3.63) is 0 Å². The topological polar surface area (TPSA) is 9.23 Å². The highest BCUT2D eigenvalue weighted by Gasteiger charge is 2.73. The van der Waals surface area contributed by atoms with Crippen molar-refractivity contribution in [3.63, 3.8) is 0 Å². The Morgan fingerprint density at radius 1 is 0.929 bits per heavy atom. The van der Waals surface area contributed by atoms with E-state index in [1.807, 2.05) is 0 Å². The first kappa shape index (κ1) is 14.1. The van der Waals surface area contributed by atoms with E-state index in [4.69, 9.17) is 0 Å². The fourth-order valence-corrected chi connectivity index (χ4v) is 0.675. The number of ether oxygens (including phenoxy) is 1. The van der Waals surface area contributed by atoms with E-state index in [-0.39, 0.29) is 0 Å². The average Bonchev–Trinajstić information content (AvgIpc) is 1.79. The Kier molecular flexibility index (Phi) is 3.91. The lowest BCUT2D eigenvalue weighted by Crippen LogP contribution is -2.55. The van der Waals surface area contributed by atoms with Crippen molar-refractivity contribution in [1.29, 1.82) is 0 Å². The number of alkyl halides is 9. The van der Waals surface area contributed by atoms with Crippen LogP contribution in [0.15, 0.2) is 0 Å². The molecule has 0 aliphatic rings. The van der Waals surface area contributed by atoms with Gasteiger partial charge in [0.25, 0.3) is 5.82 Å². The Morgan fingerprint density at radius 3 is 1.29 bits per heavy atom. The molecule has 1 atom stereocenters. The van der Waals surface area contributed by atoms with Gasteiger partial charge < -0.3 is 0 Å². The Hall–Kier alpha value is 0.0500. The van der Waals surface area contributed by atoms with Crippen LogP contribution < -0.4 is 0 Å². The summed E-state index contributed by atoms with van der Waals surface area (Å²) in [7, 11) is 0. The van der Waals surface area contributed by atoms with Crippen molar-refractivity contribution in [1.82, 2.24) is 0 Å². The average molecular weight is 269 g/mol. The van der Waals surface area contributed by atoms with E-state index in [1.165, 1.54) is 0 Å². The summed E-state index contributed by atoms with van der Waals surface area (Å²) in [5.74, 6) is -3.32. The summed E-state index contributed by atoms with van der Waals surface area (Å²) >= 11 is 8.29. The van der Waals surface area contributed by atoms with Crippen molar-refractivity contribution in [2.75, 3.05) is 0 Å². The van der Waals surface area contributed by atoms with Crippen LogP contribution in [0.3, 0.4) is 0 Å². The molecule has 0 aromatic carbocycles. The van der Waals surface area contributed by atoms with Crippen LogP contribution in [-0.2, 0) is 4.74 Å². The lowest BCUT2D eigenvalue weighted by Gasteiger charge is -2.30. The third-order valence-electron chi connectivity index (χ3n) is 0.981. The molecule has 0 N–H and O–H groups in total. The van der Waals surface area contributed by atoms with Gasteiger partial charge in [0.1, 0.15) is 0 Å². The maximum Gasteiger partial charge on any atom is 0.441 e. The number of hydrogen-bond donors (Lipinski definition) is 0. The molecular formula is C4HCl2F7O. The van der Waals surface area contributed by atoms with Crippen molar-refractivity contribution < 1.29 is 35.5 Å². The lowest BCUT2D eigenvalue weighted by atomic mass is 10.3. The van der Waals surface area contributed by atoms with Gasteiger partial charge in [0.15, 0.2) is 0 Å². The zero-order valence-electron chi connectivity index (χ0n) is 5.89. The highest BCUT2D eigenvalue weighted by atomic mass is 35.5. The van der Waals surface area contributed by atoms with Gasteiger partial charge in [-0.25, -0.2) is 0 Å². The van der Waals surface area contributed by atoms with Crippen molar-refractivity contribution in [2.45, 2.75) is 23.2 Å². The summed E-state index contributed by atoms with van der Waals surface area (Å²) < 4.78 is 85.0. The van der Waals surface area contributed by atoms with Crippen molar-refractivity contribution >= 4 is 23.2 Å². The van der Waals surface area contributed by atoms with Gasteiger partial charge in [-0.2, -0.15) is 30.7 Å². The predicted molar refractivity (Wildman–Crippen MR) is 32.5 cm³/mol. The minimum Gasteiger partial charge on any atom is -0.297 e. The molecule has 0 amide bonds. The van der Waals surface area contributed by atoms with Gasteiger partial charge in [0, 0.05) is 0 Å². The van der Waals surface area contributed by atoms with E-state index < -0.39 is 23.2 Å². The fourth-order valence-electron chi connectivity index (χ4n) is 0.417. The first-order valence-electron chi connectivity index (χ1n) is 2.70. The van der Waals surface area contributed by atoms with Crippen LogP contribution in [-0.4, -0.2) is 23.2 Å². The third kappa shape index (κ3) is 2.77. The number of hydrogen-bond acceptors (Lipinski definition) is 1. The zero-order chi connectivity index (χ0) is 11.8. The summed E-state index contributed by atoms with van der Waals surface area (Å²) in [6.07, 6.45) is -12.1. The van der Waals surface area contributed by atoms with Crippen LogP contribution >= 0.6 is 23.2 Å². The molecule has 86 valence electrons. The molecule has 0 radical (unpaired) electrons. The van der Waals surface area contributed by atoms with Crippen LogP contribution in [0.1, 0.15) is 0 Å². The molecule has 0 bridgehead atoms. The monoisotopic (exact) mass is 268 g/mol. The van der Waals surface area contributed by atoms with E-state index >= 15 is 0 Å². The third-order valence-corrected chi connectivity index (χ3v) is 1.59. The first-order chi connectivity index (χ1) is 5.92. The maximum atomic E-state index is 11.8. The van der Waals surface area contributed by atoms with E-state index in [9.17, 15) is 30.7 Å². The minimum absolute atomic E-state index is 2.78. The van der Waals surface area contributed by atoms with Crippen LogP contribution in [0.5, 0.6) is 0 Å². The number of rotatable bonds is 2. The van der Waals surface area contributed by atoms with Gasteiger partial charge >= 0.3 is 17.4 Å². The molecule has 0 aromatic rings. The Labute approximate surface area is 82.7 Å². The Bertz CT molecular complexity index is 183. The van der Waals surface area contributed by atoms with Gasteiger partial charge in [-0.1, -0.05) is 23.2 Å². The van der Waals surface area contributed by atoms with E-state index in [0.29, 0.717) is 0 Å². The highest BCUT2D eigenvalue weighted by Crippen LogP contribution is 2.49. The second-order valence-electron chi connectivity index (χ2n) is 1.97. The van der Waals surface area contributed by atoms with Gasteiger partial charge in [-0.05, 0) is 0 Å². The van der Waals surface area contributed by atoms with Crippen molar-refractivity contribution in [2.24, 2.45) is 0 Å². The maximum absolute atomic E-state index is 11.8. The Morgan fingerprint density at radius 2 is 1.21 bits per heavy atom. The number of halogens is 9. The quantitative estimate of drug-likeness (QED) is 0.550. The molecule has 0 spiro atoms. The van der Waals surface area contributed by atoms with E-state index in [0.717, 1.165) is 0 Å². The van der Waals surface area contributed by atoms with Crippen LogP contribution in [0.4, 0.5) is 30.7 Å². The van der Waals surface area contributed by atoms with Gasteiger partial charge in [-0.15, -0.1) is 0 Å². The summed E-state index contributed by atoms with van der Waals surface area (Å²) in [5.41, 5.74) is 0. The van der Waals surface area contributed by atoms with Crippen molar-refractivity contribution in [3.8, 4) is 0 Å². The second kappa shape index (κ2) is 3.90. The summed E-state index contributed by atoms with van der Waals surface area (Å²) in [5, 5.41) is -5.14. The fraction of sp³-hybridized carbons (Fsp3) is 1.00. The zero-order valence-corrected chi connectivity index (χ0v) is 7.40. The molecule has 10 heteroatoms. The molecular weight excluding hydrogens is 268 g/mol. The summed E-state index contributed by atoms with van der Waals surface area (Å²) in [4.78, 5) is 0. The largest absolute Gasteiger partial charge is 0.441 e. The second-order valence-corrected chi connectivity index (χ2v) is 2.84. The van der Waals surface area contributed by atoms with Crippen LogP contribution in [0.2, 0.25) is 0 Å². The molecule has 14 heavy (non-hydrogen) atoms. The van der Waals surface area contributed by atoms with Gasteiger partial charge in [0.05, 0.1) is 0 Å². The van der Waals surface area contributed by atoms with E-state index in [2.05, 4.69) is 27.9 Å². The highest BCUT2D eigenvalue weighted by molar-refractivity contribution is 6.25. The molecule has 1 unspecified atom stereocenters. The molecule has 0 saturated heterocycles. The summed E-state index contributed by atoms with van der Waals surface area (Å²) in [6, 6.07) is 0. The predicted octanol–water partition coefficient (Wildman–Crippen LogP) is 3.55. The standard InChI is InChI=1S/C4HCl2F7O/c5-1(7)14-2(6,3(8,9)10)4(11,12)13/h1H. The molecule has 0 heterocycles. The molecule has 0 aromatic heterocycles. The molecule has 1 nitrogen and oxygen atoms in total. The Balaban J connectivity index is 5.07. The minimum atomic E-state index is -6.04. The normalized spacial score (nSPS) is 16.9. The summed E-state index contributed by atoms with van der Waals surface area (Å²) in [6.45, 7) is 0. The molecule has 0 aliphatic heterocycles. The molecule has 0 saturated carbocycles. The van der Waals surface area contributed by atoms with Gasteiger partial charge in [-0.3, -0.25) is 4.74 Å². The molecule has 0 rings (SSSR count). The smallest absolute Gasteiger partial charge is 0.297 e. The lowest BCUT2D eigenvalue weighted by molar-refractivity contribution is -0.355. The molecule has 0 fully saturated rings. The van der Waals surface area contributed by atoms with E-state index in [1.54, 1.807) is 0 Å². The van der Waals surface area contributed by atoms with Crippen LogP contribution in [0.25, 0.3) is 0 Å². The van der Waals surface area contributed by atoms with Gasteiger partial charge in [0.2, 0.25) is 0 Å².